The Balaban J connectivity index is 1.67. The Bertz CT molecular complexity index is 939. The summed E-state index contributed by atoms with van der Waals surface area (Å²) in [5, 5.41) is 4.40. The van der Waals surface area contributed by atoms with Crippen LogP contribution in [0.4, 0.5) is 4.79 Å². The second kappa shape index (κ2) is 8.72. The van der Waals surface area contributed by atoms with Gasteiger partial charge in [0.05, 0.1) is 17.8 Å². The molecular weight excluding hydrogens is 378 g/mol. The predicted molar refractivity (Wildman–Crippen MR) is 120 cm³/mol. The number of aromatic nitrogens is 1. The molecule has 1 aromatic heterocycles. The third kappa shape index (κ3) is 4.06. The molecule has 30 heavy (non-hydrogen) atoms. The third-order valence-electron chi connectivity index (χ3n) is 6.13. The van der Waals surface area contributed by atoms with Crippen molar-refractivity contribution in [2.75, 3.05) is 39.4 Å². The number of carbonyl (C=O) groups excluding carboxylic acids is 1. The third-order valence-corrected chi connectivity index (χ3v) is 6.13. The van der Waals surface area contributed by atoms with Crippen LogP contribution >= 0.6 is 0 Å². The van der Waals surface area contributed by atoms with Gasteiger partial charge in [-0.15, -0.1) is 0 Å². The maximum absolute atomic E-state index is 12.9. The number of benzene rings is 1. The number of ether oxygens (including phenoxy) is 2. The van der Waals surface area contributed by atoms with Crippen LogP contribution < -0.4 is 10.1 Å². The lowest BCUT2D eigenvalue weighted by molar-refractivity contribution is 0.155. The number of fused-ring (bicyclic) bond motifs is 3. The summed E-state index contributed by atoms with van der Waals surface area (Å²) >= 11 is 0. The van der Waals surface area contributed by atoms with Gasteiger partial charge in [0.25, 0.3) is 0 Å². The van der Waals surface area contributed by atoms with E-state index in [0.29, 0.717) is 13.2 Å². The van der Waals surface area contributed by atoms with Gasteiger partial charge in [-0.05, 0) is 62.8 Å². The molecule has 2 aromatic rings. The van der Waals surface area contributed by atoms with Crippen molar-refractivity contribution >= 4 is 23.1 Å². The summed E-state index contributed by atoms with van der Waals surface area (Å²) < 4.78 is 13.2. The van der Waals surface area contributed by atoms with Crippen molar-refractivity contribution in [1.82, 2.24) is 14.8 Å². The van der Waals surface area contributed by atoms with E-state index >= 15 is 0 Å². The van der Waals surface area contributed by atoms with Crippen LogP contribution in [0.2, 0.25) is 0 Å². The van der Waals surface area contributed by atoms with Crippen molar-refractivity contribution in [2.45, 2.75) is 45.4 Å². The molecule has 0 radical (unpaired) electrons. The summed E-state index contributed by atoms with van der Waals surface area (Å²) in [7, 11) is 0. The van der Waals surface area contributed by atoms with Crippen molar-refractivity contribution in [3.63, 3.8) is 0 Å². The Morgan fingerprint density at radius 3 is 2.77 bits per heavy atom. The molecule has 0 aliphatic carbocycles. The molecule has 1 N–H and O–H groups in total. The molecule has 1 aromatic carbocycles. The highest BCUT2D eigenvalue weighted by Crippen LogP contribution is 2.39. The van der Waals surface area contributed by atoms with Crippen LogP contribution in [-0.2, 0) is 10.2 Å². The van der Waals surface area contributed by atoms with E-state index in [1.807, 2.05) is 31.3 Å². The van der Waals surface area contributed by atoms with Gasteiger partial charge in [0.15, 0.2) is 0 Å². The standard InChI is InChI=1S/C24H33N3O3/c1-4-29-23(28)27-20-10-11-25-17-24(2,3)22(20)19-9-8-18(16-21(19)27)30-15-14-26-12-6-5-7-13-26/h8-11,16,25H,4-7,12-15,17H2,1-3H3. The molecule has 3 heterocycles. The van der Waals surface area contributed by atoms with Gasteiger partial charge in [0.1, 0.15) is 12.4 Å². The average molecular weight is 412 g/mol. The molecule has 1 saturated heterocycles. The van der Waals surface area contributed by atoms with Gasteiger partial charge in [-0.3, -0.25) is 4.90 Å². The van der Waals surface area contributed by atoms with E-state index in [-0.39, 0.29) is 11.5 Å². The maximum atomic E-state index is 12.9. The van der Waals surface area contributed by atoms with Crippen LogP contribution in [0, 0.1) is 0 Å². The molecule has 2 aliphatic rings. The first-order valence-electron chi connectivity index (χ1n) is 11.1. The van der Waals surface area contributed by atoms with Crippen molar-refractivity contribution in [1.29, 1.82) is 0 Å². The fraction of sp³-hybridized carbons (Fsp3) is 0.542. The molecule has 6 nitrogen and oxygen atoms in total. The van der Waals surface area contributed by atoms with Crippen LogP contribution in [0.5, 0.6) is 5.75 Å². The number of carbonyl (C=O) groups is 1. The van der Waals surface area contributed by atoms with Gasteiger partial charge in [0.2, 0.25) is 0 Å². The van der Waals surface area contributed by atoms with E-state index < -0.39 is 0 Å². The molecule has 0 spiro atoms. The molecule has 6 heteroatoms. The zero-order chi connectivity index (χ0) is 21.1. The first kappa shape index (κ1) is 20.8. The second-order valence-corrected chi connectivity index (χ2v) is 8.82. The topological polar surface area (TPSA) is 55.7 Å². The lowest BCUT2D eigenvalue weighted by atomic mass is 9.83. The largest absolute Gasteiger partial charge is 0.492 e. The smallest absolute Gasteiger partial charge is 0.418 e. The van der Waals surface area contributed by atoms with Crippen molar-refractivity contribution < 1.29 is 14.3 Å². The molecule has 0 bridgehead atoms. The lowest BCUT2D eigenvalue weighted by Crippen LogP contribution is -2.33. The number of piperidine rings is 1. The number of hydrogen-bond donors (Lipinski definition) is 1. The maximum Gasteiger partial charge on any atom is 0.418 e. The Hall–Kier alpha value is -2.47. The quantitative estimate of drug-likeness (QED) is 0.792. The summed E-state index contributed by atoms with van der Waals surface area (Å²) in [6, 6.07) is 6.09. The van der Waals surface area contributed by atoms with Crippen molar-refractivity contribution in [3.05, 3.63) is 35.7 Å². The summed E-state index contributed by atoms with van der Waals surface area (Å²) in [5.41, 5.74) is 2.75. The van der Waals surface area contributed by atoms with Gasteiger partial charge >= 0.3 is 6.09 Å². The molecule has 2 aliphatic heterocycles. The minimum Gasteiger partial charge on any atom is -0.492 e. The van der Waals surface area contributed by atoms with E-state index in [4.69, 9.17) is 9.47 Å². The first-order chi connectivity index (χ1) is 14.5. The SMILES string of the molecule is CCOC(=O)n1c2c(c3ccc(OCCN4CCCCC4)cc31)C(C)(C)CNC=C2. The minimum atomic E-state index is -0.350. The van der Waals surface area contributed by atoms with Crippen LogP contribution in [-0.4, -0.2) is 55.0 Å². The Labute approximate surface area is 178 Å². The van der Waals surface area contributed by atoms with Gasteiger partial charge in [-0.2, -0.15) is 0 Å². The van der Waals surface area contributed by atoms with Crippen molar-refractivity contribution in [2.24, 2.45) is 0 Å². The van der Waals surface area contributed by atoms with Gasteiger partial charge in [-0.25, -0.2) is 9.36 Å². The highest BCUT2D eigenvalue weighted by molar-refractivity contribution is 5.97. The number of likely N-dealkylation sites (tertiary alicyclic amines) is 1. The van der Waals surface area contributed by atoms with Crippen LogP contribution in [0.25, 0.3) is 17.0 Å². The predicted octanol–water partition coefficient (Wildman–Crippen LogP) is 4.36. The van der Waals surface area contributed by atoms with Crippen LogP contribution in [0.3, 0.4) is 0 Å². The van der Waals surface area contributed by atoms with E-state index in [0.717, 1.165) is 54.1 Å². The van der Waals surface area contributed by atoms with E-state index in [9.17, 15) is 4.79 Å². The molecule has 0 unspecified atom stereocenters. The Morgan fingerprint density at radius 1 is 1.20 bits per heavy atom. The summed E-state index contributed by atoms with van der Waals surface area (Å²) in [6.07, 6.45) is 7.43. The molecule has 162 valence electrons. The lowest BCUT2D eigenvalue weighted by Gasteiger charge is -2.26. The molecule has 0 amide bonds. The normalized spacial score (nSPS) is 18.5. The second-order valence-electron chi connectivity index (χ2n) is 8.82. The van der Waals surface area contributed by atoms with Crippen LogP contribution in [0.15, 0.2) is 24.4 Å². The molecule has 0 saturated carbocycles. The summed E-state index contributed by atoms with van der Waals surface area (Å²) in [6.45, 7) is 11.3. The molecule has 4 rings (SSSR count). The summed E-state index contributed by atoms with van der Waals surface area (Å²) in [4.78, 5) is 15.3. The van der Waals surface area contributed by atoms with Gasteiger partial charge in [-0.1, -0.05) is 20.3 Å². The highest BCUT2D eigenvalue weighted by Gasteiger charge is 2.32. The van der Waals surface area contributed by atoms with E-state index in [1.165, 1.54) is 19.3 Å². The number of nitrogens with zero attached hydrogens (tertiary/aromatic N) is 2. The number of rotatable bonds is 5. The van der Waals surface area contributed by atoms with Crippen LogP contribution in [0.1, 0.15) is 51.3 Å². The zero-order valence-corrected chi connectivity index (χ0v) is 18.4. The average Bonchev–Trinajstić information content (AvgIpc) is 2.98. The molecule has 1 fully saturated rings. The van der Waals surface area contributed by atoms with E-state index in [1.54, 1.807) is 4.57 Å². The molecular formula is C24H33N3O3. The van der Waals surface area contributed by atoms with E-state index in [2.05, 4.69) is 30.1 Å². The summed E-state index contributed by atoms with van der Waals surface area (Å²) in [5.74, 6) is 0.789. The van der Waals surface area contributed by atoms with Gasteiger partial charge in [0, 0.05) is 30.0 Å². The monoisotopic (exact) mass is 411 g/mol. The fourth-order valence-electron chi connectivity index (χ4n) is 4.65. The fourth-order valence-corrected chi connectivity index (χ4v) is 4.65. The van der Waals surface area contributed by atoms with Gasteiger partial charge < -0.3 is 14.8 Å². The first-order valence-corrected chi connectivity index (χ1v) is 11.1. The Kier molecular flexibility index (Phi) is 6.04. The number of nitrogens with one attached hydrogen (secondary N) is 1. The Morgan fingerprint density at radius 2 is 2.00 bits per heavy atom. The number of hydrogen-bond acceptors (Lipinski definition) is 5. The highest BCUT2D eigenvalue weighted by atomic mass is 16.5. The van der Waals surface area contributed by atoms with Crippen molar-refractivity contribution in [3.8, 4) is 5.75 Å². The molecule has 0 atom stereocenters. The zero-order valence-electron chi connectivity index (χ0n) is 18.4. The minimum absolute atomic E-state index is 0.133.